The quantitative estimate of drug-likeness (QED) is 0.715. The van der Waals surface area contributed by atoms with Crippen LogP contribution in [0.2, 0.25) is 0 Å². The van der Waals surface area contributed by atoms with Gasteiger partial charge >= 0.3 is 0 Å². The van der Waals surface area contributed by atoms with E-state index in [-0.39, 0.29) is 24.3 Å². The molecule has 0 aliphatic heterocycles. The van der Waals surface area contributed by atoms with Crippen molar-refractivity contribution in [1.82, 2.24) is 5.32 Å². The smallest absolute Gasteiger partial charge is 0.220 e. The van der Waals surface area contributed by atoms with Crippen LogP contribution in [0.25, 0.3) is 0 Å². The summed E-state index contributed by atoms with van der Waals surface area (Å²) >= 11 is 0. The molecule has 0 radical (unpaired) electrons. The third-order valence-corrected chi connectivity index (χ3v) is 4.52. The number of benzene rings is 1. The first-order valence-electron chi connectivity index (χ1n) is 8.67. The molecule has 134 valence electrons. The number of ether oxygens (including phenoxy) is 1. The van der Waals surface area contributed by atoms with Crippen molar-refractivity contribution in [3.05, 3.63) is 29.8 Å². The highest BCUT2D eigenvalue weighted by Crippen LogP contribution is 2.26. The summed E-state index contributed by atoms with van der Waals surface area (Å²) in [7, 11) is 0. The molecule has 1 aromatic carbocycles. The van der Waals surface area contributed by atoms with Crippen molar-refractivity contribution >= 4 is 5.91 Å². The van der Waals surface area contributed by atoms with Crippen molar-refractivity contribution in [2.75, 3.05) is 13.2 Å². The Labute approximate surface area is 141 Å². The Morgan fingerprint density at radius 3 is 2.71 bits per heavy atom. The van der Waals surface area contributed by atoms with Crippen molar-refractivity contribution in [3.8, 4) is 5.75 Å². The monoisotopic (exact) mass is 340 g/mol. The number of carbonyl (C=O) groups is 1. The summed E-state index contributed by atoms with van der Waals surface area (Å²) < 4.78 is 31.4. The molecule has 1 unspecified atom stereocenters. The zero-order chi connectivity index (χ0) is 17.4. The van der Waals surface area contributed by atoms with Gasteiger partial charge in [-0.15, -0.1) is 0 Å². The number of hydrogen-bond acceptors (Lipinski definition) is 3. The van der Waals surface area contributed by atoms with E-state index in [0.717, 1.165) is 25.0 Å². The van der Waals surface area contributed by atoms with E-state index in [4.69, 9.17) is 10.5 Å². The van der Waals surface area contributed by atoms with Crippen LogP contribution in [0, 0.1) is 17.6 Å². The molecule has 0 heterocycles. The first-order valence-corrected chi connectivity index (χ1v) is 8.67. The van der Waals surface area contributed by atoms with Gasteiger partial charge in [-0.25, -0.2) is 8.78 Å². The van der Waals surface area contributed by atoms with Gasteiger partial charge in [-0.3, -0.25) is 4.79 Å². The van der Waals surface area contributed by atoms with E-state index in [1.807, 2.05) is 0 Å². The van der Waals surface area contributed by atoms with E-state index >= 15 is 0 Å². The average molecular weight is 340 g/mol. The number of amides is 1. The molecule has 4 nitrogen and oxygen atoms in total. The number of halogens is 2. The van der Waals surface area contributed by atoms with E-state index in [1.54, 1.807) is 0 Å². The molecule has 3 N–H and O–H groups in total. The Kier molecular flexibility index (Phi) is 7.43. The highest BCUT2D eigenvalue weighted by atomic mass is 19.1. The maximum atomic E-state index is 13.4. The van der Waals surface area contributed by atoms with Crippen molar-refractivity contribution in [3.63, 3.8) is 0 Å². The number of nitrogens with two attached hydrogens (primary N) is 1. The van der Waals surface area contributed by atoms with Crippen molar-refractivity contribution < 1.29 is 18.3 Å². The fourth-order valence-corrected chi connectivity index (χ4v) is 3.19. The number of nitrogens with one attached hydrogen (secondary N) is 1. The summed E-state index contributed by atoms with van der Waals surface area (Å²) in [5, 5.41) is 3.01. The summed E-state index contributed by atoms with van der Waals surface area (Å²) in [6, 6.07) is 3.20. The van der Waals surface area contributed by atoms with E-state index in [2.05, 4.69) is 5.32 Å². The largest absolute Gasteiger partial charge is 0.491 e. The number of carbonyl (C=O) groups excluding carboxylic acids is 1. The number of rotatable bonds is 8. The highest BCUT2D eigenvalue weighted by molar-refractivity contribution is 5.76. The molecule has 1 fully saturated rings. The van der Waals surface area contributed by atoms with Crippen LogP contribution in [0.5, 0.6) is 5.75 Å². The highest BCUT2D eigenvalue weighted by Gasteiger charge is 2.23. The minimum absolute atomic E-state index is 0.00107. The maximum Gasteiger partial charge on any atom is 0.220 e. The van der Waals surface area contributed by atoms with Gasteiger partial charge in [0.2, 0.25) is 5.91 Å². The van der Waals surface area contributed by atoms with Gasteiger partial charge in [0.05, 0.1) is 6.61 Å². The lowest BCUT2D eigenvalue weighted by Crippen LogP contribution is -2.45. The van der Waals surface area contributed by atoms with Crippen LogP contribution in [-0.2, 0) is 4.79 Å². The standard InChI is InChI=1S/C18H26F2N2O2/c19-14-8-9-17(15(20)11-14)24-10-4-7-18(23)22-16(12-21)13-5-2-1-3-6-13/h8-9,11,13,16H,1-7,10,12,21H2,(H,22,23). The van der Waals surface area contributed by atoms with E-state index < -0.39 is 11.6 Å². The molecule has 24 heavy (non-hydrogen) atoms. The SMILES string of the molecule is NCC(NC(=O)CCCOc1ccc(F)cc1F)C1CCCCC1. The summed E-state index contributed by atoms with van der Waals surface area (Å²) in [4.78, 5) is 12.0. The lowest BCUT2D eigenvalue weighted by molar-refractivity contribution is -0.122. The molecular formula is C18H26F2N2O2. The van der Waals surface area contributed by atoms with Crippen LogP contribution in [0.3, 0.4) is 0 Å². The molecule has 1 aromatic rings. The molecule has 0 saturated heterocycles. The van der Waals surface area contributed by atoms with Gasteiger partial charge in [0.25, 0.3) is 0 Å². The van der Waals surface area contributed by atoms with Crippen LogP contribution in [0.15, 0.2) is 18.2 Å². The predicted molar refractivity (Wildman–Crippen MR) is 88.6 cm³/mol. The van der Waals surface area contributed by atoms with Crippen LogP contribution in [-0.4, -0.2) is 25.1 Å². The Bertz CT molecular complexity index is 534. The first-order chi connectivity index (χ1) is 11.6. The minimum Gasteiger partial charge on any atom is -0.491 e. The van der Waals surface area contributed by atoms with E-state index in [0.29, 0.717) is 25.3 Å². The molecule has 1 amide bonds. The molecule has 2 rings (SSSR count). The van der Waals surface area contributed by atoms with Crippen LogP contribution < -0.4 is 15.8 Å². The number of hydrogen-bond donors (Lipinski definition) is 2. The Balaban J connectivity index is 1.68. The predicted octanol–water partition coefficient (Wildman–Crippen LogP) is 3.15. The lowest BCUT2D eigenvalue weighted by atomic mass is 9.84. The molecule has 0 aromatic heterocycles. The molecule has 6 heteroatoms. The van der Waals surface area contributed by atoms with Gasteiger partial charge in [0.15, 0.2) is 11.6 Å². The van der Waals surface area contributed by atoms with Gasteiger partial charge in [-0.05, 0) is 37.3 Å². The van der Waals surface area contributed by atoms with Crippen molar-refractivity contribution in [1.29, 1.82) is 0 Å². The molecular weight excluding hydrogens is 314 g/mol. The summed E-state index contributed by atoms with van der Waals surface area (Å²) in [5.41, 5.74) is 5.80. The van der Waals surface area contributed by atoms with Crippen LogP contribution in [0.4, 0.5) is 8.78 Å². The van der Waals surface area contributed by atoms with Crippen LogP contribution in [0.1, 0.15) is 44.9 Å². The lowest BCUT2D eigenvalue weighted by Gasteiger charge is -2.30. The maximum absolute atomic E-state index is 13.4. The Morgan fingerprint density at radius 2 is 2.04 bits per heavy atom. The zero-order valence-corrected chi connectivity index (χ0v) is 13.9. The summed E-state index contributed by atoms with van der Waals surface area (Å²) in [6.07, 6.45) is 6.67. The second-order valence-electron chi connectivity index (χ2n) is 6.33. The van der Waals surface area contributed by atoms with Gasteiger partial charge in [-0.1, -0.05) is 19.3 Å². The molecule has 1 atom stereocenters. The van der Waals surface area contributed by atoms with E-state index in [1.165, 1.54) is 25.3 Å². The van der Waals surface area contributed by atoms with Crippen molar-refractivity contribution in [2.45, 2.75) is 51.0 Å². The van der Waals surface area contributed by atoms with Crippen molar-refractivity contribution in [2.24, 2.45) is 11.7 Å². The van der Waals surface area contributed by atoms with Gasteiger partial charge in [-0.2, -0.15) is 0 Å². The van der Waals surface area contributed by atoms with Gasteiger partial charge < -0.3 is 15.8 Å². The molecule has 1 saturated carbocycles. The van der Waals surface area contributed by atoms with Crippen LogP contribution >= 0.6 is 0 Å². The second-order valence-corrected chi connectivity index (χ2v) is 6.33. The summed E-state index contributed by atoms with van der Waals surface area (Å²) in [5.74, 6) is -0.968. The topological polar surface area (TPSA) is 64.3 Å². The van der Waals surface area contributed by atoms with Gasteiger partial charge in [0.1, 0.15) is 5.82 Å². The normalized spacial score (nSPS) is 16.6. The Hall–Kier alpha value is -1.69. The Morgan fingerprint density at radius 1 is 1.29 bits per heavy atom. The fraction of sp³-hybridized carbons (Fsp3) is 0.611. The zero-order valence-electron chi connectivity index (χ0n) is 13.9. The molecule has 1 aliphatic rings. The van der Waals surface area contributed by atoms with Gasteiger partial charge in [0, 0.05) is 25.1 Å². The third kappa shape index (κ3) is 5.74. The molecule has 0 bridgehead atoms. The second kappa shape index (κ2) is 9.57. The minimum atomic E-state index is -0.736. The third-order valence-electron chi connectivity index (χ3n) is 4.52. The fourth-order valence-electron chi connectivity index (χ4n) is 3.19. The average Bonchev–Trinajstić information content (AvgIpc) is 2.59. The first kappa shape index (κ1) is 18.6. The summed E-state index contributed by atoms with van der Waals surface area (Å²) in [6.45, 7) is 0.653. The molecule has 0 spiro atoms. The molecule has 1 aliphatic carbocycles. The van der Waals surface area contributed by atoms with E-state index in [9.17, 15) is 13.6 Å².